The summed E-state index contributed by atoms with van der Waals surface area (Å²) in [5.74, 6) is -0.559. The third-order valence-corrected chi connectivity index (χ3v) is 5.34. The number of hydrogen-bond donors (Lipinski definition) is 1. The molecule has 1 atom stereocenters. The molecule has 0 spiro atoms. The Hall–Kier alpha value is -3.08. The lowest BCUT2D eigenvalue weighted by Gasteiger charge is -2.13. The molecule has 1 N–H and O–H groups in total. The van der Waals surface area contributed by atoms with Gasteiger partial charge < -0.3 is 5.32 Å². The minimum atomic E-state index is -4.45. The Bertz CT molecular complexity index is 1110. The first-order valence-electron chi connectivity index (χ1n) is 9.56. The molecular weight excluding hydrogens is 375 g/mol. The predicted octanol–water partition coefficient (Wildman–Crippen LogP) is 5.94. The van der Waals surface area contributed by atoms with Crippen LogP contribution in [0.2, 0.25) is 0 Å². The smallest absolute Gasteiger partial charge is 0.388 e. The number of benzene rings is 3. The molecular formula is C24H20F3NO. The van der Waals surface area contributed by atoms with E-state index in [1.54, 1.807) is 6.07 Å². The highest BCUT2D eigenvalue weighted by Gasteiger charge is 2.37. The van der Waals surface area contributed by atoms with E-state index in [1.807, 2.05) is 49.4 Å². The maximum absolute atomic E-state index is 13.4. The lowest BCUT2D eigenvalue weighted by atomic mass is 9.89. The number of Topliss-reactive ketones (excluding diaryl/α,β-unsaturated/α-hetero) is 1. The van der Waals surface area contributed by atoms with Gasteiger partial charge >= 0.3 is 6.18 Å². The molecule has 0 aromatic heterocycles. The fraction of sp³-hybridized carbons (Fsp3) is 0.208. The summed E-state index contributed by atoms with van der Waals surface area (Å²) in [6.45, 7) is 2.50. The number of allylic oxidation sites excluding steroid dienone is 2. The second-order valence-electron chi connectivity index (χ2n) is 7.15. The van der Waals surface area contributed by atoms with E-state index >= 15 is 0 Å². The molecule has 0 amide bonds. The highest BCUT2D eigenvalue weighted by Crippen LogP contribution is 2.42. The molecule has 0 bridgehead atoms. The molecule has 148 valence electrons. The van der Waals surface area contributed by atoms with Gasteiger partial charge in [-0.15, -0.1) is 0 Å². The standard InChI is InChI=1S/C24H20F3NO/c1-2-28-21-14-20(19-12-6-8-15-7-3-4-11-18(15)19)23(29)22(21)16-9-5-10-17(13-16)24(25,26)27/h3-13,20,28H,2,14H2,1H3. The highest BCUT2D eigenvalue weighted by molar-refractivity contribution is 6.27. The van der Waals surface area contributed by atoms with Crippen molar-refractivity contribution in [2.75, 3.05) is 6.54 Å². The lowest BCUT2D eigenvalue weighted by Crippen LogP contribution is -2.12. The first-order valence-corrected chi connectivity index (χ1v) is 9.56. The molecule has 3 aromatic rings. The summed E-state index contributed by atoms with van der Waals surface area (Å²) in [5, 5.41) is 5.24. The van der Waals surface area contributed by atoms with E-state index in [-0.39, 0.29) is 5.78 Å². The summed E-state index contributed by atoms with van der Waals surface area (Å²) >= 11 is 0. The summed E-state index contributed by atoms with van der Waals surface area (Å²) in [4.78, 5) is 13.4. The summed E-state index contributed by atoms with van der Waals surface area (Å²) in [6.07, 6.45) is -4.00. The van der Waals surface area contributed by atoms with E-state index in [0.717, 1.165) is 28.5 Å². The third-order valence-electron chi connectivity index (χ3n) is 5.34. The molecule has 1 aliphatic rings. The average Bonchev–Trinajstić information content (AvgIpc) is 3.03. The maximum Gasteiger partial charge on any atom is 0.416 e. The van der Waals surface area contributed by atoms with Crippen LogP contribution in [-0.2, 0) is 11.0 Å². The highest BCUT2D eigenvalue weighted by atomic mass is 19.4. The summed E-state index contributed by atoms with van der Waals surface area (Å²) < 4.78 is 39.6. The fourth-order valence-electron chi connectivity index (χ4n) is 4.07. The maximum atomic E-state index is 13.4. The molecule has 29 heavy (non-hydrogen) atoms. The van der Waals surface area contributed by atoms with E-state index in [9.17, 15) is 18.0 Å². The number of carbonyl (C=O) groups is 1. The van der Waals surface area contributed by atoms with Gasteiger partial charge in [-0.1, -0.05) is 54.6 Å². The number of hydrogen-bond acceptors (Lipinski definition) is 2. The quantitative estimate of drug-likeness (QED) is 0.593. The van der Waals surface area contributed by atoms with Crippen LogP contribution in [0.5, 0.6) is 0 Å². The molecule has 1 aliphatic carbocycles. The molecule has 4 rings (SSSR count). The summed E-state index contributed by atoms with van der Waals surface area (Å²) in [6, 6.07) is 18.7. The van der Waals surface area contributed by atoms with Gasteiger partial charge in [-0.3, -0.25) is 4.79 Å². The molecule has 3 aromatic carbocycles. The van der Waals surface area contributed by atoms with Crippen LogP contribution in [0.3, 0.4) is 0 Å². The Kier molecular flexibility index (Phi) is 4.91. The van der Waals surface area contributed by atoms with Crippen LogP contribution >= 0.6 is 0 Å². The largest absolute Gasteiger partial charge is 0.416 e. The molecule has 5 heteroatoms. The van der Waals surface area contributed by atoms with Gasteiger partial charge in [-0.2, -0.15) is 13.2 Å². The topological polar surface area (TPSA) is 29.1 Å². The Morgan fingerprint density at radius 1 is 1.00 bits per heavy atom. The van der Waals surface area contributed by atoms with Crippen LogP contribution in [0.4, 0.5) is 13.2 Å². The minimum Gasteiger partial charge on any atom is -0.388 e. The minimum absolute atomic E-state index is 0.142. The molecule has 0 fully saturated rings. The molecule has 0 saturated carbocycles. The second-order valence-corrected chi connectivity index (χ2v) is 7.15. The van der Waals surface area contributed by atoms with Crippen LogP contribution in [0.25, 0.3) is 16.3 Å². The van der Waals surface area contributed by atoms with Gasteiger partial charge in [-0.25, -0.2) is 0 Å². The molecule has 2 nitrogen and oxygen atoms in total. The SMILES string of the molecule is CCNC1=C(c2cccc(C(F)(F)F)c2)C(=O)C(c2cccc3ccccc23)C1. The van der Waals surface area contributed by atoms with Crippen molar-refractivity contribution in [3.8, 4) is 0 Å². The number of halogens is 3. The fourth-order valence-corrected chi connectivity index (χ4v) is 4.07. The Morgan fingerprint density at radius 2 is 1.72 bits per heavy atom. The number of ketones is 1. The van der Waals surface area contributed by atoms with Crippen LogP contribution in [-0.4, -0.2) is 12.3 Å². The first-order chi connectivity index (χ1) is 13.9. The van der Waals surface area contributed by atoms with Crippen molar-refractivity contribution >= 4 is 22.1 Å². The van der Waals surface area contributed by atoms with Gasteiger partial charge in [0.1, 0.15) is 0 Å². The Balaban J connectivity index is 1.80. The van der Waals surface area contributed by atoms with Crippen molar-refractivity contribution in [2.24, 2.45) is 0 Å². The van der Waals surface area contributed by atoms with Gasteiger partial charge in [0.2, 0.25) is 0 Å². The van der Waals surface area contributed by atoms with Gasteiger partial charge in [0, 0.05) is 24.2 Å². The van der Waals surface area contributed by atoms with Gasteiger partial charge in [0.05, 0.1) is 11.5 Å². The number of rotatable bonds is 4. The van der Waals surface area contributed by atoms with E-state index in [1.165, 1.54) is 6.07 Å². The van der Waals surface area contributed by atoms with E-state index < -0.39 is 17.7 Å². The molecule has 0 saturated heterocycles. The zero-order valence-electron chi connectivity index (χ0n) is 15.9. The summed E-state index contributed by atoms with van der Waals surface area (Å²) in [5.41, 5.74) is 1.53. The molecule has 0 aliphatic heterocycles. The van der Waals surface area contributed by atoms with Crippen molar-refractivity contribution < 1.29 is 18.0 Å². The molecule has 0 heterocycles. The Morgan fingerprint density at radius 3 is 2.48 bits per heavy atom. The average molecular weight is 395 g/mol. The first kappa shape index (κ1) is 19.2. The number of carbonyl (C=O) groups excluding carboxylic acids is 1. The van der Waals surface area contributed by atoms with Crippen molar-refractivity contribution in [3.05, 3.63) is 89.1 Å². The van der Waals surface area contributed by atoms with Crippen LogP contribution in [0.1, 0.15) is 36.0 Å². The lowest BCUT2D eigenvalue weighted by molar-refractivity contribution is -0.137. The Labute approximate surface area is 167 Å². The normalized spacial score (nSPS) is 17.2. The monoisotopic (exact) mass is 395 g/mol. The van der Waals surface area contributed by atoms with E-state index in [0.29, 0.717) is 29.8 Å². The van der Waals surface area contributed by atoms with Crippen LogP contribution < -0.4 is 5.32 Å². The predicted molar refractivity (Wildman–Crippen MR) is 108 cm³/mol. The van der Waals surface area contributed by atoms with E-state index in [2.05, 4.69) is 5.32 Å². The van der Waals surface area contributed by atoms with Crippen LogP contribution in [0.15, 0.2) is 72.4 Å². The van der Waals surface area contributed by atoms with Crippen molar-refractivity contribution in [2.45, 2.75) is 25.4 Å². The molecule has 1 unspecified atom stereocenters. The van der Waals surface area contributed by atoms with Crippen LogP contribution in [0, 0.1) is 0 Å². The van der Waals surface area contributed by atoms with Crippen molar-refractivity contribution in [1.82, 2.24) is 5.32 Å². The van der Waals surface area contributed by atoms with Crippen molar-refractivity contribution in [3.63, 3.8) is 0 Å². The molecule has 0 radical (unpaired) electrons. The van der Waals surface area contributed by atoms with Gasteiger partial charge in [0.25, 0.3) is 0 Å². The zero-order chi connectivity index (χ0) is 20.6. The van der Waals surface area contributed by atoms with E-state index in [4.69, 9.17) is 0 Å². The third kappa shape index (κ3) is 3.53. The number of alkyl halides is 3. The van der Waals surface area contributed by atoms with Gasteiger partial charge in [-0.05, 0) is 41.0 Å². The number of nitrogens with one attached hydrogen (secondary N) is 1. The van der Waals surface area contributed by atoms with Crippen molar-refractivity contribution in [1.29, 1.82) is 0 Å². The zero-order valence-corrected chi connectivity index (χ0v) is 15.9. The number of fused-ring (bicyclic) bond motifs is 1. The summed E-state index contributed by atoms with van der Waals surface area (Å²) in [7, 11) is 0. The van der Waals surface area contributed by atoms with Gasteiger partial charge in [0.15, 0.2) is 5.78 Å². The second kappa shape index (κ2) is 7.39.